The van der Waals surface area contributed by atoms with Crippen molar-refractivity contribution in [3.8, 4) is 61.7 Å². The van der Waals surface area contributed by atoms with Gasteiger partial charge in [-0.1, -0.05) is 126 Å². The summed E-state index contributed by atoms with van der Waals surface area (Å²) in [5.74, 6) is 7.06. The number of thiophene rings is 1. The van der Waals surface area contributed by atoms with Gasteiger partial charge in [0.25, 0.3) is 0 Å². The minimum atomic E-state index is -2.03. The first-order valence-electron chi connectivity index (χ1n) is 22.8. The Morgan fingerprint density at radius 2 is 1.30 bits per heavy atom. The maximum Gasteiger partial charge on any atom is 0 e. The van der Waals surface area contributed by atoms with Crippen LogP contribution in [0.15, 0.2) is 194 Å². The smallest absolute Gasteiger partial charge is 0 e. The number of benzene rings is 8. The second-order valence-corrected chi connectivity index (χ2v) is 29.4. The Hall–Kier alpha value is -6.28. The minimum absolute atomic E-state index is 0. The van der Waals surface area contributed by atoms with Crippen LogP contribution < -0.4 is 4.40 Å². The summed E-state index contributed by atoms with van der Waals surface area (Å²) < 4.78 is 28.1. The molecule has 0 bridgehead atoms. The number of hydrogen-bond acceptors (Lipinski definition) is 3. The van der Waals surface area contributed by atoms with Gasteiger partial charge in [-0.2, -0.15) is 11.3 Å². The Morgan fingerprint density at radius 3 is 1.96 bits per heavy atom. The van der Waals surface area contributed by atoms with Gasteiger partial charge in [0, 0.05) is 35.9 Å². The van der Waals surface area contributed by atoms with Crippen LogP contribution in [0.2, 0.25) is 17.3 Å². The largest absolute Gasteiger partial charge is 0 e. The van der Waals surface area contributed by atoms with E-state index < -0.39 is 19.2 Å². The normalized spacial score (nSPS) is 11.8. The van der Waals surface area contributed by atoms with E-state index in [1.54, 1.807) is 11.3 Å². The summed E-state index contributed by atoms with van der Waals surface area (Å²) in [5.41, 5.74) is 13.6. The van der Waals surface area contributed by atoms with Gasteiger partial charge in [0.05, 0.1) is 22.5 Å². The third kappa shape index (κ3) is 9.24. The van der Waals surface area contributed by atoms with E-state index in [0.29, 0.717) is 0 Å². The molecule has 3 nitrogen and oxygen atoms in total. The molecule has 0 aliphatic heterocycles. The molecule has 3 aromatic heterocycles. The van der Waals surface area contributed by atoms with Crippen molar-refractivity contribution in [3.05, 3.63) is 218 Å². The Bertz CT molecular complexity index is 3490. The predicted octanol–water partition coefficient (Wildman–Crippen LogP) is 16.2. The van der Waals surface area contributed by atoms with Crippen LogP contribution in [0.5, 0.6) is 0 Å². The molecule has 0 unspecified atom stereocenters. The second-order valence-electron chi connectivity index (χ2n) is 17.8. The van der Waals surface area contributed by atoms with Gasteiger partial charge in [-0.3, -0.25) is 4.98 Å². The Kier molecular flexibility index (Phi) is 13.0. The van der Waals surface area contributed by atoms with E-state index in [-0.39, 0.29) is 25.9 Å². The summed E-state index contributed by atoms with van der Waals surface area (Å²) in [4.78, 5) is 9.95. The molecule has 67 heavy (non-hydrogen) atoms. The van der Waals surface area contributed by atoms with Gasteiger partial charge in [-0.25, -0.2) is 4.39 Å². The molecule has 0 saturated heterocycles. The van der Waals surface area contributed by atoms with E-state index in [2.05, 4.69) is 166 Å². The van der Waals surface area contributed by atoms with Crippen molar-refractivity contribution in [2.45, 2.75) is 37.0 Å². The number of rotatable bonds is 8. The van der Waals surface area contributed by atoms with E-state index in [4.69, 9.17) is 6.35 Å². The number of nitrogens with zero attached hydrogens (tertiary/aromatic N) is 3. The topological polar surface area (TPSA) is 30.7 Å². The molecule has 0 N–H and O–H groups in total. The molecule has 0 spiro atoms. The van der Waals surface area contributed by atoms with Crippen molar-refractivity contribution in [2.24, 2.45) is 0 Å². The molecule has 3 heterocycles. The zero-order valence-corrected chi connectivity index (χ0v) is 43.2. The molecule has 11 rings (SSSR count). The number of fused-ring (bicyclic) bond motifs is 4. The molecular weight excluding hydrogens is 1080 g/mol. The van der Waals surface area contributed by atoms with Crippen LogP contribution in [0.4, 0.5) is 4.39 Å². The number of aromatic nitrogens is 3. The van der Waals surface area contributed by atoms with Crippen LogP contribution in [-0.4, -0.2) is 27.8 Å². The summed E-state index contributed by atoms with van der Waals surface area (Å²) >= 11 is -0.274. The molecule has 7 heteroatoms. The van der Waals surface area contributed by atoms with E-state index in [0.717, 1.165) is 83.0 Å². The van der Waals surface area contributed by atoms with Gasteiger partial charge in [-0.15, -0.1) is 18.2 Å². The van der Waals surface area contributed by atoms with Crippen molar-refractivity contribution >= 4 is 60.2 Å². The van der Waals surface area contributed by atoms with Gasteiger partial charge < -0.3 is 4.57 Å². The summed E-state index contributed by atoms with van der Waals surface area (Å²) in [6.07, 6.45) is 2.00. The second kappa shape index (κ2) is 19.5. The summed E-state index contributed by atoms with van der Waals surface area (Å²) in [5, 5.41) is 2.35. The van der Waals surface area contributed by atoms with Crippen LogP contribution >= 0.6 is 11.3 Å². The Morgan fingerprint density at radius 1 is 0.642 bits per heavy atom. The molecule has 331 valence electrons. The number of pyridine rings is 1. The molecule has 0 aliphatic carbocycles. The average molecular weight is 1130 g/mol. The molecule has 0 aliphatic rings. The summed E-state index contributed by atoms with van der Waals surface area (Å²) in [6.45, 7) is 3.91. The molecule has 11 aromatic rings. The van der Waals surface area contributed by atoms with Crippen LogP contribution in [0.3, 0.4) is 0 Å². The third-order valence-corrected chi connectivity index (χ3v) is 17.5. The SMILES string of the molecule is Fc1ccc(-c2ccc3c(c2)sc2c(-c4nc5ccccc5n4-c4c(-c5ccccc5)cccc4-c4ccccc4)[c-]ccc23)cc1.[2H]C(C)(C)c1cc(-c2[c-]cccc2)nc[c]1[Ge]([CH3])([CH3])[CH3].[Ir]. The van der Waals surface area contributed by atoms with Crippen molar-refractivity contribution in [3.63, 3.8) is 0 Å². The fourth-order valence-electron chi connectivity index (χ4n) is 8.80. The van der Waals surface area contributed by atoms with E-state index in [1.807, 2.05) is 68.6 Å². The van der Waals surface area contributed by atoms with Gasteiger partial charge in [0.15, 0.2) is 0 Å². The maximum atomic E-state index is 13.7. The zero-order valence-electron chi connectivity index (χ0n) is 38.9. The summed E-state index contributed by atoms with van der Waals surface area (Å²) in [7, 11) is 0. The van der Waals surface area contributed by atoms with Gasteiger partial charge in [0.1, 0.15) is 5.82 Å². The average Bonchev–Trinajstić information content (AvgIpc) is 3.93. The van der Waals surface area contributed by atoms with Crippen molar-refractivity contribution in [1.82, 2.24) is 14.5 Å². The molecule has 8 aromatic carbocycles. The first-order chi connectivity index (χ1) is 32.4. The van der Waals surface area contributed by atoms with Crippen LogP contribution in [0, 0.1) is 17.9 Å². The predicted molar refractivity (Wildman–Crippen MR) is 280 cm³/mol. The first kappa shape index (κ1) is 44.6. The monoisotopic (exact) mass is 1130 g/mol. The fourth-order valence-corrected chi connectivity index (χ4v) is 13.4. The zero-order chi connectivity index (χ0) is 46.3. The third-order valence-electron chi connectivity index (χ3n) is 12.1. The number of para-hydroxylation sites is 3. The van der Waals surface area contributed by atoms with E-state index >= 15 is 0 Å². The number of imidazole rings is 1. The Labute approximate surface area is 414 Å². The molecule has 1 radical (unpaired) electrons. The minimum Gasteiger partial charge on any atom is 0 e. The number of hydrogen-bond donors (Lipinski definition) is 0. The molecule has 0 amide bonds. The van der Waals surface area contributed by atoms with Gasteiger partial charge in [-0.05, 0) is 62.7 Å². The van der Waals surface area contributed by atoms with Gasteiger partial charge in [0.2, 0.25) is 0 Å². The Balaban J connectivity index is 0.000000232. The van der Waals surface area contributed by atoms with Crippen LogP contribution in [-0.2, 0) is 20.1 Å². The van der Waals surface area contributed by atoms with Crippen molar-refractivity contribution in [1.29, 1.82) is 0 Å². The van der Waals surface area contributed by atoms with E-state index in [9.17, 15) is 4.39 Å². The van der Waals surface area contributed by atoms with Crippen molar-refractivity contribution < 1.29 is 25.9 Å². The summed E-state index contributed by atoms with van der Waals surface area (Å²) in [6, 6.07) is 70.2. The standard InChI is InChI=1S/C43H26FN2S.C17H22GeN.Ir/c44-32-24-21-28(22-25-32)31-23-26-35-36-17-10-18-37(42(36)47-40(35)27-31)43-45-38-19-7-8-20-39(38)46(43)41-33(29-11-3-1-4-12-29)15-9-16-34(41)30-13-5-2-6-14-30;1-13(2)15-11-17(14-9-7-6-8-10-14)19-12-16(15)18(3,4)5;/h1-17,19-27H;6-9,11-13H,1-5H3;/q2*-1;/i;13D;. The van der Waals surface area contributed by atoms with Crippen molar-refractivity contribution in [2.75, 3.05) is 0 Å². The maximum absolute atomic E-state index is 13.7. The number of halogens is 1. The van der Waals surface area contributed by atoms with E-state index in [1.165, 1.54) is 32.0 Å². The molecule has 0 fully saturated rings. The quantitative estimate of drug-likeness (QED) is 0.112. The van der Waals surface area contributed by atoms with Gasteiger partial charge >= 0.3 is 120 Å². The first-order valence-corrected chi connectivity index (χ1v) is 30.4. The fraction of sp³-hybridized carbons (Fsp3) is 0.100. The molecule has 0 atom stereocenters. The van der Waals surface area contributed by atoms with Crippen LogP contribution in [0.25, 0.3) is 92.9 Å². The molecule has 0 saturated carbocycles. The van der Waals surface area contributed by atoms with Crippen LogP contribution in [0.1, 0.15) is 26.7 Å². The molecular formula is C60H48FGeIrN3S-2.